The summed E-state index contributed by atoms with van der Waals surface area (Å²) in [4.78, 5) is 8.99. The van der Waals surface area contributed by atoms with Crippen LogP contribution in [0.3, 0.4) is 0 Å². The Morgan fingerprint density at radius 1 is 0.355 bits per heavy atom. The zero-order valence-corrected chi connectivity index (χ0v) is 37.7. The molecule has 0 aromatic heterocycles. The van der Waals surface area contributed by atoms with Crippen molar-refractivity contribution < 1.29 is 0 Å². The van der Waals surface area contributed by atoms with E-state index in [2.05, 4.69) is 248 Å². The largest absolute Gasteiger partial charge is 0.361 e. The van der Waals surface area contributed by atoms with Gasteiger partial charge in [0, 0.05) is 16.8 Å². The highest BCUT2D eigenvalue weighted by Gasteiger charge is 2.44. The highest BCUT2D eigenvalue weighted by atomic mass is 15.2. The Kier molecular flexibility index (Phi) is 12.7. The fraction of sp³-hybridized carbons (Fsp3) is 0.203. The number of allylic oxidation sites excluding steroid dienone is 2. The van der Waals surface area contributed by atoms with Crippen molar-refractivity contribution >= 4 is 51.7 Å². The fourth-order valence-corrected chi connectivity index (χ4v) is 9.31. The number of benzene rings is 7. The van der Waals surface area contributed by atoms with Crippen LogP contribution < -0.4 is 10.3 Å². The number of aliphatic imine (C=N–C) groups is 1. The van der Waals surface area contributed by atoms with Gasteiger partial charge in [0.2, 0.25) is 0 Å². The summed E-state index contributed by atoms with van der Waals surface area (Å²) in [5.41, 5.74) is 17.9. The molecule has 2 nitrogen and oxygen atoms in total. The maximum Gasteiger partial charge on any atom is 0.330 e. The Labute approximate surface area is 371 Å². The van der Waals surface area contributed by atoms with Gasteiger partial charge in [-0.1, -0.05) is 249 Å². The van der Waals surface area contributed by atoms with Crippen LogP contribution in [-0.4, -0.2) is 12.7 Å². The van der Waals surface area contributed by atoms with E-state index in [1.165, 1.54) is 50.0 Å². The molecule has 0 spiro atoms. The third kappa shape index (κ3) is 8.29. The van der Waals surface area contributed by atoms with Crippen molar-refractivity contribution in [3.63, 3.8) is 0 Å². The third-order valence-electron chi connectivity index (χ3n) is 12.3. The van der Waals surface area contributed by atoms with Crippen LogP contribution in [-0.2, 0) is 0 Å². The van der Waals surface area contributed by atoms with Gasteiger partial charge in [-0.25, -0.2) is 4.99 Å². The van der Waals surface area contributed by atoms with Gasteiger partial charge in [-0.2, -0.15) is 0 Å². The second kappa shape index (κ2) is 18.7. The zero-order valence-electron chi connectivity index (χ0n) is 37.7. The molecule has 0 atom stereocenters. The summed E-state index contributed by atoms with van der Waals surface area (Å²) >= 11 is 0. The molecule has 3 heteroatoms. The van der Waals surface area contributed by atoms with E-state index >= 15 is 0 Å². The van der Waals surface area contributed by atoms with Crippen LogP contribution in [0.2, 0.25) is 0 Å². The number of para-hydroxylation sites is 2. The van der Waals surface area contributed by atoms with Crippen molar-refractivity contribution in [1.29, 1.82) is 0 Å². The first-order chi connectivity index (χ1) is 30.2. The molecule has 1 aliphatic rings. The molecule has 308 valence electrons. The molecule has 62 heavy (non-hydrogen) atoms. The van der Waals surface area contributed by atoms with Crippen molar-refractivity contribution in [1.82, 2.24) is 0 Å². The molecule has 1 heterocycles. The Bertz CT molecular complexity index is 2660. The molecule has 0 saturated carbocycles. The predicted octanol–water partition coefficient (Wildman–Crippen LogP) is 15.4. The quantitative estimate of drug-likeness (QED) is 0.119. The predicted molar refractivity (Wildman–Crippen MR) is 270 cm³/mol. The van der Waals surface area contributed by atoms with Crippen molar-refractivity contribution in [2.75, 3.05) is 4.81 Å². The van der Waals surface area contributed by atoms with Gasteiger partial charge in [-0.15, -0.1) is 0 Å². The SMILES string of the molecule is CC(C)c1cccc(C(C)C)c1N=C1C(c2ccccc2)=C(c2ccccc2)C(c2ccccc2)=C(c2ccccc2)B(c2ccccc2)N1c1c(C(C)C)cccc1C(C)C. The molecule has 0 N–H and O–H groups in total. The van der Waals surface area contributed by atoms with Crippen LogP contribution in [0.4, 0.5) is 11.4 Å². The molecule has 1 aliphatic heterocycles. The summed E-state index contributed by atoms with van der Waals surface area (Å²) in [6.45, 7) is 18.3. The normalized spacial score (nSPS) is 14.2. The lowest BCUT2D eigenvalue weighted by molar-refractivity contribution is 0.832. The van der Waals surface area contributed by atoms with E-state index in [4.69, 9.17) is 4.99 Å². The first-order valence-corrected chi connectivity index (χ1v) is 22.5. The van der Waals surface area contributed by atoms with Crippen LogP contribution in [0.1, 0.15) is 124 Å². The average molecular weight is 807 g/mol. The van der Waals surface area contributed by atoms with Crippen LogP contribution in [0.15, 0.2) is 193 Å². The fourth-order valence-electron chi connectivity index (χ4n) is 9.31. The molecule has 0 fully saturated rings. The van der Waals surface area contributed by atoms with Crippen molar-refractivity contribution in [2.45, 2.75) is 79.1 Å². The summed E-state index contributed by atoms with van der Waals surface area (Å²) in [5.74, 6) is 1.90. The smallest absolute Gasteiger partial charge is 0.330 e. The summed E-state index contributed by atoms with van der Waals surface area (Å²) in [5, 5.41) is 0. The van der Waals surface area contributed by atoms with Gasteiger partial charge >= 0.3 is 6.85 Å². The second-order valence-corrected chi connectivity index (χ2v) is 17.8. The number of hydrogen-bond donors (Lipinski definition) is 0. The number of anilines is 1. The van der Waals surface area contributed by atoms with Gasteiger partial charge in [0.15, 0.2) is 0 Å². The second-order valence-electron chi connectivity index (χ2n) is 17.8. The van der Waals surface area contributed by atoms with Crippen LogP contribution in [0.5, 0.6) is 0 Å². The summed E-state index contributed by atoms with van der Waals surface area (Å²) in [7, 11) is 0. The van der Waals surface area contributed by atoms with Gasteiger partial charge in [0.05, 0.1) is 5.69 Å². The molecule has 7 aromatic rings. The van der Waals surface area contributed by atoms with Gasteiger partial charge < -0.3 is 4.81 Å². The minimum absolute atomic E-state index is 0.231. The van der Waals surface area contributed by atoms with Gasteiger partial charge in [0.25, 0.3) is 0 Å². The molecule has 7 aromatic carbocycles. The lowest BCUT2D eigenvalue weighted by atomic mass is 9.45. The monoisotopic (exact) mass is 806 g/mol. The number of amidine groups is 1. The molecular weight excluding hydrogens is 747 g/mol. The highest BCUT2D eigenvalue weighted by Crippen LogP contribution is 2.50. The molecule has 0 radical (unpaired) electrons. The van der Waals surface area contributed by atoms with E-state index in [1.54, 1.807) is 0 Å². The molecule has 0 amide bonds. The topological polar surface area (TPSA) is 15.6 Å². The summed E-state index contributed by atoms with van der Waals surface area (Å²) in [6, 6.07) is 69.3. The molecule has 8 rings (SSSR count). The van der Waals surface area contributed by atoms with Gasteiger partial charge in [-0.05, 0) is 79.2 Å². The Hall–Kier alpha value is -6.45. The number of rotatable bonds is 11. The standard InChI is InChI=1S/C59H59BN2/c1-40(2)49-36-24-37-50(41(3)4)57(49)61-59-55(46-30-18-11-19-31-46)53(44-26-14-9-15-27-44)54(45-28-16-10-17-29-45)56(47-32-20-12-21-33-47)60(48-34-22-13-23-35-48)62(59)58-51(42(5)6)38-25-39-52(58)43(7)8/h9-43H,1-8H3. The van der Waals surface area contributed by atoms with Crippen molar-refractivity contribution in [3.8, 4) is 0 Å². The summed E-state index contributed by atoms with van der Waals surface area (Å²) in [6.07, 6.45) is 0. The van der Waals surface area contributed by atoms with Gasteiger partial charge in [-0.3, -0.25) is 0 Å². The molecule has 0 unspecified atom stereocenters. The average Bonchev–Trinajstić information content (AvgIpc) is 3.43. The summed E-state index contributed by atoms with van der Waals surface area (Å²) < 4.78 is 0. The van der Waals surface area contributed by atoms with Crippen LogP contribution in [0, 0.1) is 0 Å². The molecule has 0 bridgehead atoms. The van der Waals surface area contributed by atoms with E-state index in [9.17, 15) is 0 Å². The number of hydrogen-bond acceptors (Lipinski definition) is 1. The van der Waals surface area contributed by atoms with Gasteiger partial charge in [0.1, 0.15) is 5.84 Å². The van der Waals surface area contributed by atoms with E-state index in [0.717, 1.165) is 39.4 Å². The van der Waals surface area contributed by atoms with Crippen molar-refractivity contribution in [2.24, 2.45) is 4.99 Å². The maximum absolute atomic E-state index is 6.30. The Balaban J connectivity index is 1.75. The lowest BCUT2D eigenvalue weighted by Gasteiger charge is -2.38. The van der Waals surface area contributed by atoms with E-state index < -0.39 is 0 Å². The lowest BCUT2D eigenvalue weighted by Crippen LogP contribution is -2.53. The van der Waals surface area contributed by atoms with E-state index in [0.29, 0.717) is 0 Å². The minimum Gasteiger partial charge on any atom is -0.361 e. The minimum atomic E-state index is -0.307. The van der Waals surface area contributed by atoms with E-state index in [1.807, 2.05) is 0 Å². The maximum atomic E-state index is 6.30. The van der Waals surface area contributed by atoms with E-state index in [-0.39, 0.29) is 30.5 Å². The molecule has 0 saturated heterocycles. The first-order valence-electron chi connectivity index (χ1n) is 22.5. The molecule has 0 aliphatic carbocycles. The highest BCUT2D eigenvalue weighted by molar-refractivity contribution is 6.98. The van der Waals surface area contributed by atoms with Crippen LogP contribution in [0.25, 0.3) is 22.2 Å². The Morgan fingerprint density at radius 2 is 0.710 bits per heavy atom. The van der Waals surface area contributed by atoms with Crippen LogP contribution >= 0.6 is 0 Å². The Morgan fingerprint density at radius 3 is 1.13 bits per heavy atom. The molecular formula is C59H59BN2. The third-order valence-corrected chi connectivity index (χ3v) is 12.3. The zero-order chi connectivity index (χ0) is 43.3. The van der Waals surface area contributed by atoms with Crippen molar-refractivity contribution in [3.05, 3.63) is 233 Å². The first kappa shape index (κ1) is 42.3. The number of nitrogens with zero attached hydrogens (tertiary/aromatic N) is 2.